The van der Waals surface area contributed by atoms with Crippen molar-refractivity contribution in [2.45, 2.75) is 38.5 Å². The summed E-state index contributed by atoms with van der Waals surface area (Å²) in [6.07, 6.45) is 2.14. The minimum absolute atomic E-state index is 0.0123. The normalized spacial score (nSPS) is 28.1. The van der Waals surface area contributed by atoms with Crippen LogP contribution in [0.4, 0.5) is 0 Å². The number of benzene rings is 1. The standard InChI is InChI=1S/C20H30N2O3/c1-16-11-22(14-19(25-16)15-24-2)20(23)18-9-6-10-21(13-18)12-17-7-4-3-5-8-17/h3-5,7-8,16,18-19H,6,9-15H2,1-2H3/t16-,18-,19+/m1/s1. The molecule has 0 spiro atoms. The zero-order valence-corrected chi connectivity index (χ0v) is 15.4. The summed E-state index contributed by atoms with van der Waals surface area (Å²) in [7, 11) is 1.68. The smallest absolute Gasteiger partial charge is 0.227 e. The first-order valence-electron chi connectivity index (χ1n) is 9.35. The number of carbonyl (C=O) groups excluding carboxylic acids is 1. The van der Waals surface area contributed by atoms with Gasteiger partial charge >= 0.3 is 0 Å². The van der Waals surface area contributed by atoms with Crippen molar-refractivity contribution in [3.05, 3.63) is 35.9 Å². The Morgan fingerprint density at radius 3 is 2.80 bits per heavy atom. The maximum atomic E-state index is 13.0. The predicted molar refractivity (Wildman–Crippen MR) is 97.2 cm³/mol. The lowest BCUT2D eigenvalue weighted by molar-refractivity contribution is -0.153. The monoisotopic (exact) mass is 346 g/mol. The van der Waals surface area contributed by atoms with Crippen molar-refractivity contribution in [2.75, 3.05) is 39.9 Å². The molecule has 0 unspecified atom stereocenters. The molecule has 5 heteroatoms. The predicted octanol–water partition coefficient (Wildman–Crippen LogP) is 2.16. The zero-order chi connectivity index (χ0) is 17.6. The topological polar surface area (TPSA) is 42.0 Å². The first-order valence-corrected chi connectivity index (χ1v) is 9.35. The van der Waals surface area contributed by atoms with Gasteiger partial charge < -0.3 is 14.4 Å². The zero-order valence-electron chi connectivity index (χ0n) is 15.4. The molecule has 0 bridgehead atoms. The molecule has 25 heavy (non-hydrogen) atoms. The van der Waals surface area contributed by atoms with Gasteiger partial charge in [0.25, 0.3) is 0 Å². The van der Waals surface area contributed by atoms with Crippen molar-refractivity contribution in [1.29, 1.82) is 0 Å². The van der Waals surface area contributed by atoms with Gasteiger partial charge in [0.15, 0.2) is 0 Å². The molecule has 0 aromatic heterocycles. The van der Waals surface area contributed by atoms with Crippen LogP contribution in [0.25, 0.3) is 0 Å². The molecule has 2 saturated heterocycles. The summed E-state index contributed by atoms with van der Waals surface area (Å²) in [5.41, 5.74) is 1.32. The first kappa shape index (κ1) is 18.4. The highest BCUT2D eigenvalue weighted by Gasteiger charge is 2.34. The molecule has 0 N–H and O–H groups in total. The van der Waals surface area contributed by atoms with Crippen molar-refractivity contribution in [3.63, 3.8) is 0 Å². The molecule has 3 atom stereocenters. The lowest BCUT2D eigenvalue weighted by Gasteiger charge is -2.40. The Hall–Kier alpha value is -1.43. The van der Waals surface area contributed by atoms with Crippen LogP contribution < -0.4 is 0 Å². The molecule has 2 heterocycles. The Morgan fingerprint density at radius 1 is 1.24 bits per heavy atom. The van der Waals surface area contributed by atoms with Crippen molar-refractivity contribution < 1.29 is 14.3 Å². The van der Waals surface area contributed by atoms with Crippen LogP contribution in [-0.4, -0.2) is 67.8 Å². The van der Waals surface area contributed by atoms with E-state index in [0.29, 0.717) is 19.7 Å². The molecule has 138 valence electrons. The highest BCUT2D eigenvalue weighted by molar-refractivity contribution is 5.79. The van der Waals surface area contributed by atoms with E-state index in [0.717, 1.165) is 32.5 Å². The third-order valence-corrected chi connectivity index (χ3v) is 5.09. The summed E-state index contributed by atoms with van der Waals surface area (Å²) >= 11 is 0. The van der Waals surface area contributed by atoms with E-state index in [4.69, 9.17) is 9.47 Å². The number of carbonyl (C=O) groups is 1. The average molecular weight is 346 g/mol. The fourth-order valence-electron chi connectivity index (χ4n) is 4.00. The van der Waals surface area contributed by atoms with Gasteiger partial charge in [0.2, 0.25) is 5.91 Å². The number of morpholine rings is 1. The Labute approximate surface area is 150 Å². The van der Waals surface area contributed by atoms with Gasteiger partial charge in [0, 0.05) is 33.3 Å². The van der Waals surface area contributed by atoms with E-state index in [1.807, 2.05) is 17.9 Å². The van der Waals surface area contributed by atoms with Gasteiger partial charge in [-0.15, -0.1) is 0 Å². The molecule has 0 aliphatic carbocycles. The minimum Gasteiger partial charge on any atom is -0.382 e. The average Bonchev–Trinajstić information content (AvgIpc) is 2.62. The fourth-order valence-corrected chi connectivity index (χ4v) is 4.00. The molecule has 5 nitrogen and oxygen atoms in total. The summed E-state index contributed by atoms with van der Waals surface area (Å²) in [5, 5.41) is 0. The van der Waals surface area contributed by atoms with Gasteiger partial charge in [-0.25, -0.2) is 0 Å². The van der Waals surface area contributed by atoms with Crippen molar-refractivity contribution in [1.82, 2.24) is 9.80 Å². The van der Waals surface area contributed by atoms with Crippen LogP contribution in [0.2, 0.25) is 0 Å². The Kier molecular flexibility index (Phi) is 6.45. The van der Waals surface area contributed by atoms with Crippen LogP contribution in [-0.2, 0) is 20.8 Å². The Morgan fingerprint density at radius 2 is 2.04 bits per heavy atom. The number of likely N-dealkylation sites (tertiary alicyclic amines) is 1. The lowest BCUT2D eigenvalue weighted by Crippen LogP contribution is -2.53. The molecule has 2 aliphatic rings. The van der Waals surface area contributed by atoms with Crippen LogP contribution in [0.15, 0.2) is 30.3 Å². The fraction of sp³-hybridized carbons (Fsp3) is 0.650. The number of methoxy groups -OCH3 is 1. The SMILES string of the molecule is COC[C@@H]1CN(C(=O)[C@@H]2CCCN(Cc3ccccc3)C2)C[C@@H](C)O1. The molecular weight excluding hydrogens is 316 g/mol. The van der Waals surface area contributed by atoms with E-state index in [2.05, 4.69) is 29.2 Å². The molecule has 2 fully saturated rings. The largest absolute Gasteiger partial charge is 0.382 e. The summed E-state index contributed by atoms with van der Waals surface area (Å²) in [5.74, 6) is 0.389. The molecule has 2 aliphatic heterocycles. The van der Waals surface area contributed by atoms with Gasteiger partial charge in [-0.2, -0.15) is 0 Å². The number of ether oxygens (including phenoxy) is 2. The number of hydrogen-bond donors (Lipinski definition) is 0. The van der Waals surface area contributed by atoms with Crippen molar-refractivity contribution >= 4 is 5.91 Å². The third-order valence-electron chi connectivity index (χ3n) is 5.09. The van der Waals surface area contributed by atoms with E-state index in [-0.39, 0.29) is 24.0 Å². The van der Waals surface area contributed by atoms with Gasteiger partial charge in [-0.1, -0.05) is 30.3 Å². The lowest BCUT2D eigenvalue weighted by atomic mass is 9.95. The minimum atomic E-state index is -0.0123. The van der Waals surface area contributed by atoms with Gasteiger partial charge in [0.1, 0.15) is 0 Å². The van der Waals surface area contributed by atoms with Crippen LogP contribution in [0.5, 0.6) is 0 Å². The molecule has 0 radical (unpaired) electrons. The summed E-state index contributed by atoms with van der Waals surface area (Å²) in [4.78, 5) is 17.5. The van der Waals surface area contributed by atoms with E-state index in [1.54, 1.807) is 7.11 Å². The van der Waals surface area contributed by atoms with Crippen LogP contribution in [0, 0.1) is 5.92 Å². The summed E-state index contributed by atoms with van der Waals surface area (Å²) < 4.78 is 11.1. The van der Waals surface area contributed by atoms with E-state index < -0.39 is 0 Å². The van der Waals surface area contributed by atoms with Crippen LogP contribution >= 0.6 is 0 Å². The maximum Gasteiger partial charge on any atom is 0.227 e. The quantitative estimate of drug-likeness (QED) is 0.819. The molecule has 3 rings (SSSR count). The number of rotatable bonds is 5. The van der Waals surface area contributed by atoms with E-state index in [1.165, 1.54) is 5.56 Å². The second-order valence-electron chi connectivity index (χ2n) is 7.33. The first-order chi connectivity index (χ1) is 12.2. The van der Waals surface area contributed by atoms with Crippen molar-refractivity contribution in [3.8, 4) is 0 Å². The number of hydrogen-bond acceptors (Lipinski definition) is 4. The van der Waals surface area contributed by atoms with Gasteiger partial charge in [-0.3, -0.25) is 9.69 Å². The highest BCUT2D eigenvalue weighted by atomic mass is 16.5. The number of piperidine rings is 1. The van der Waals surface area contributed by atoms with Gasteiger partial charge in [0.05, 0.1) is 24.7 Å². The second kappa shape index (κ2) is 8.79. The Bertz CT molecular complexity index is 551. The Balaban J connectivity index is 1.57. The molecule has 0 saturated carbocycles. The molecule has 1 aromatic carbocycles. The van der Waals surface area contributed by atoms with Crippen LogP contribution in [0.3, 0.4) is 0 Å². The maximum absolute atomic E-state index is 13.0. The number of nitrogens with zero attached hydrogens (tertiary/aromatic N) is 2. The third kappa shape index (κ3) is 5.03. The number of amides is 1. The van der Waals surface area contributed by atoms with E-state index in [9.17, 15) is 4.79 Å². The second-order valence-corrected chi connectivity index (χ2v) is 7.33. The highest BCUT2D eigenvalue weighted by Crippen LogP contribution is 2.23. The summed E-state index contributed by atoms with van der Waals surface area (Å²) in [6, 6.07) is 10.5. The summed E-state index contributed by atoms with van der Waals surface area (Å²) in [6.45, 7) is 6.76. The van der Waals surface area contributed by atoms with Gasteiger partial charge in [-0.05, 0) is 31.9 Å². The molecule has 1 amide bonds. The van der Waals surface area contributed by atoms with Crippen LogP contribution in [0.1, 0.15) is 25.3 Å². The van der Waals surface area contributed by atoms with E-state index >= 15 is 0 Å². The molecular formula is C20H30N2O3. The molecule has 1 aromatic rings. The van der Waals surface area contributed by atoms with Crippen molar-refractivity contribution in [2.24, 2.45) is 5.92 Å².